The third-order valence-corrected chi connectivity index (χ3v) is 13.9. The number of carbonyl (C=O) groups excluding carboxylic acids is 4. The molecule has 3 aliphatic heterocycles. The molecular formula is C55H56N4O12S. The molecule has 9 rings (SSSR count). The molecular weight excluding hydrogens is 941 g/mol. The number of nitrogens with one attached hydrogen (secondary N) is 1. The minimum atomic E-state index is -3.36. The van der Waals surface area contributed by atoms with Crippen molar-refractivity contribution in [2.75, 3.05) is 90.1 Å². The van der Waals surface area contributed by atoms with Gasteiger partial charge in [0.2, 0.25) is 11.8 Å². The first-order chi connectivity index (χ1) is 35.0. The van der Waals surface area contributed by atoms with Crippen molar-refractivity contribution in [3.05, 3.63) is 144 Å². The van der Waals surface area contributed by atoms with Crippen molar-refractivity contribution in [2.45, 2.75) is 30.4 Å². The molecule has 3 heterocycles. The second-order valence-corrected chi connectivity index (χ2v) is 19.7. The minimum absolute atomic E-state index is 0.0789. The molecule has 1 unspecified atom stereocenters. The van der Waals surface area contributed by atoms with Crippen molar-refractivity contribution in [3.63, 3.8) is 0 Å². The average molecular weight is 997 g/mol. The van der Waals surface area contributed by atoms with E-state index in [2.05, 4.69) is 15.1 Å². The number of hydrogen-bond donors (Lipinski definition) is 1. The third kappa shape index (κ3) is 12.1. The summed E-state index contributed by atoms with van der Waals surface area (Å²) in [6.07, 6.45) is 1.39. The molecule has 3 aliphatic rings. The van der Waals surface area contributed by atoms with Gasteiger partial charge in [0.25, 0.3) is 11.8 Å². The predicted octanol–water partition coefficient (Wildman–Crippen LogP) is 6.93. The molecule has 0 aliphatic carbocycles. The van der Waals surface area contributed by atoms with Crippen molar-refractivity contribution in [1.29, 1.82) is 0 Å². The fourth-order valence-corrected chi connectivity index (χ4v) is 9.52. The van der Waals surface area contributed by atoms with Crippen LogP contribution in [0.5, 0.6) is 23.0 Å². The van der Waals surface area contributed by atoms with Gasteiger partial charge in [0, 0.05) is 62.0 Å². The van der Waals surface area contributed by atoms with E-state index in [0.717, 1.165) is 76.5 Å². The van der Waals surface area contributed by atoms with Gasteiger partial charge in [0.1, 0.15) is 42.3 Å². The van der Waals surface area contributed by atoms with E-state index in [9.17, 15) is 27.6 Å². The van der Waals surface area contributed by atoms with Crippen molar-refractivity contribution >= 4 is 49.9 Å². The van der Waals surface area contributed by atoms with Gasteiger partial charge in [-0.1, -0.05) is 48.5 Å². The van der Waals surface area contributed by atoms with Crippen LogP contribution in [-0.2, 0) is 40.2 Å². The number of nitrogens with zero attached hydrogens (tertiary/aromatic N) is 3. The maximum atomic E-state index is 13.3. The Morgan fingerprint density at radius 1 is 0.611 bits per heavy atom. The van der Waals surface area contributed by atoms with Crippen LogP contribution in [0.2, 0.25) is 0 Å². The number of ether oxygens (including phenoxy) is 6. The van der Waals surface area contributed by atoms with Gasteiger partial charge in [-0.2, -0.15) is 0 Å². The van der Waals surface area contributed by atoms with Gasteiger partial charge >= 0.3 is 0 Å². The number of piperidine rings is 1. The highest BCUT2D eigenvalue weighted by molar-refractivity contribution is 7.90. The number of amides is 4. The van der Waals surface area contributed by atoms with Crippen LogP contribution < -0.4 is 24.4 Å². The first-order valence-electron chi connectivity index (χ1n) is 24.0. The van der Waals surface area contributed by atoms with Gasteiger partial charge in [-0.15, -0.1) is 0 Å². The lowest BCUT2D eigenvalue weighted by Crippen LogP contribution is -2.54. The maximum Gasteiger partial charge on any atom is 0.262 e. The molecule has 0 aromatic heterocycles. The Balaban J connectivity index is 0.660. The quantitative estimate of drug-likeness (QED) is 0.0547. The van der Waals surface area contributed by atoms with Crippen LogP contribution >= 0.6 is 0 Å². The monoisotopic (exact) mass is 996 g/mol. The second kappa shape index (κ2) is 22.9. The first-order valence-corrected chi connectivity index (χ1v) is 25.9. The number of benzene rings is 6. The molecule has 1 atom stereocenters. The number of sulfone groups is 1. The van der Waals surface area contributed by atoms with Crippen molar-refractivity contribution in [1.82, 2.24) is 15.1 Å². The second-order valence-electron chi connectivity index (χ2n) is 17.7. The van der Waals surface area contributed by atoms with E-state index in [1.807, 2.05) is 91.0 Å². The highest BCUT2D eigenvalue weighted by Crippen LogP contribution is 2.41. The van der Waals surface area contributed by atoms with Gasteiger partial charge in [0.15, 0.2) is 9.84 Å². The first kappa shape index (κ1) is 49.8. The van der Waals surface area contributed by atoms with E-state index in [0.29, 0.717) is 70.1 Å². The normalized spacial score (nSPS) is 16.3. The number of imide groups is 2. The SMILES string of the molecule is CS(=O)(=O)c1ccc(-c2ccc3cc(OCc4ccccc4)ccc3c2Oc2ccc(OCCOCCOCCOCCN3CCN(c4ccc5c(c4)C(=O)N(C4CCC(=O)NC4=O)C5=O)CC3)cc2)cc1. The highest BCUT2D eigenvalue weighted by atomic mass is 32.2. The van der Waals surface area contributed by atoms with Crippen LogP contribution in [0, 0.1) is 0 Å². The predicted molar refractivity (Wildman–Crippen MR) is 270 cm³/mol. The summed E-state index contributed by atoms with van der Waals surface area (Å²) in [6, 6.07) is 38.2. The molecule has 374 valence electrons. The van der Waals surface area contributed by atoms with E-state index < -0.39 is 39.5 Å². The van der Waals surface area contributed by atoms with Gasteiger partial charge in [-0.05, 0) is 102 Å². The summed E-state index contributed by atoms with van der Waals surface area (Å²) >= 11 is 0. The molecule has 16 nitrogen and oxygen atoms in total. The molecule has 6 aromatic carbocycles. The Kier molecular flexibility index (Phi) is 15.9. The van der Waals surface area contributed by atoms with Gasteiger partial charge in [0.05, 0.1) is 55.7 Å². The zero-order chi connectivity index (χ0) is 50.0. The lowest BCUT2D eigenvalue weighted by molar-refractivity contribution is -0.136. The van der Waals surface area contributed by atoms with E-state index in [1.165, 1.54) is 6.26 Å². The Morgan fingerprint density at radius 3 is 1.97 bits per heavy atom. The Morgan fingerprint density at radius 2 is 1.26 bits per heavy atom. The average Bonchev–Trinajstić information content (AvgIpc) is 3.64. The van der Waals surface area contributed by atoms with Crippen molar-refractivity contribution in [2.24, 2.45) is 0 Å². The molecule has 17 heteroatoms. The number of hydrogen-bond acceptors (Lipinski definition) is 14. The summed E-state index contributed by atoms with van der Waals surface area (Å²) in [7, 11) is -3.36. The number of fused-ring (bicyclic) bond motifs is 2. The van der Waals surface area contributed by atoms with Crippen LogP contribution in [0.4, 0.5) is 5.69 Å². The molecule has 72 heavy (non-hydrogen) atoms. The van der Waals surface area contributed by atoms with Crippen LogP contribution in [-0.4, -0.2) is 133 Å². The standard InChI is InChI=1S/C55H56N4O12S/c1-72(64,65)45-16-7-39(8-17-45)46-18-9-40-35-44(70-37-38-5-3-2-4-6-38)15-20-47(40)52(46)71-43-13-11-42(12-14-43)69-34-33-68-32-31-67-30-29-66-28-27-57-23-25-58(26-24-57)41-10-19-48-49(36-41)55(63)59(54(48)62)50-21-22-51(60)56-53(50)61/h2-20,35-36,50H,21-34,37H2,1H3,(H,56,60,61). The van der Waals surface area contributed by atoms with Crippen LogP contribution in [0.15, 0.2) is 132 Å². The summed E-state index contributed by atoms with van der Waals surface area (Å²) < 4.78 is 60.2. The third-order valence-electron chi connectivity index (χ3n) is 12.8. The zero-order valence-electron chi connectivity index (χ0n) is 40.0. The van der Waals surface area contributed by atoms with Gasteiger partial charge in [-0.25, -0.2) is 8.42 Å². The molecule has 0 radical (unpaired) electrons. The smallest absolute Gasteiger partial charge is 0.262 e. The van der Waals surface area contributed by atoms with Gasteiger partial charge in [-0.3, -0.25) is 34.3 Å². The molecule has 0 bridgehead atoms. The Hall–Kier alpha value is -7.15. The van der Waals surface area contributed by atoms with E-state index >= 15 is 0 Å². The summed E-state index contributed by atoms with van der Waals surface area (Å²) in [5.74, 6) is 0.566. The molecule has 6 aromatic rings. The van der Waals surface area contributed by atoms with Crippen LogP contribution in [0.1, 0.15) is 39.1 Å². The summed E-state index contributed by atoms with van der Waals surface area (Å²) in [5.41, 5.74) is 4.08. The molecule has 4 amide bonds. The topological polar surface area (TPSA) is 180 Å². The Bertz CT molecular complexity index is 3020. The number of rotatable bonds is 22. The number of piperazine rings is 1. The maximum absolute atomic E-state index is 13.3. The Labute approximate surface area is 418 Å². The summed E-state index contributed by atoms with van der Waals surface area (Å²) in [5, 5.41) is 4.02. The number of anilines is 1. The van der Waals surface area contributed by atoms with E-state index in [-0.39, 0.29) is 28.9 Å². The zero-order valence-corrected chi connectivity index (χ0v) is 40.8. The summed E-state index contributed by atoms with van der Waals surface area (Å²) in [4.78, 5) is 56.1. The lowest BCUT2D eigenvalue weighted by Gasteiger charge is -2.36. The van der Waals surface area contributed by atoms with Crippen molar-refractivity contribution < 1.29 is 56.0 Å². The van der Waals surface area contributed by atoms with E-state index in [1.54, 1.807) is 36.4 Å². The van der Waals surface area contributed by atoms with Crippen LogP contribution in [0.3, 0.4) is 0 Å². The largest absolute Gasteiger partial charge is 0.491 e. The molecule has 0 spiro atoms. The van der Waals surface area contributed by atoms with Gasteiger partial charge < -0.3 is 33.3 Å². The molecule has 1 N–H and O–H groups in total. The number of carbonyl (C=O) groups is 4. The van der Waals surface area contributed by atoms with E-state index in [4.69, 9.17) is 28.4 Å². The fraction of sp³-hybridized carbons (Fsp3) is 0.309. The van der Waals surface area contributed by atoms with Crippen LogP contribution in [0.25, 0.3) is 21.9 Å². The highest BCUT2D eigenvalue weighted by Gasteiger charge is 2.45. The lowest BCUT2D eigenvalue weighted by atomic mass is 9.99. The van der Waals surface area contributed by atoms with Crippen molar-refractivity contribution in [3.8, 4) is 34.1 Å². The minimum Gasteiger partial charge on any atom is -0.491 e. The molecule has 2 fully saturated rings. The fourth-order valence-electron chi connectivity index (χ4n) is 8.89. The summed E-state index contributed by atoms with van der Waals surface area (Å²) in [6.45, 7) is 7.36. The molecule has 2 saturated heterocycles. The molecule has 0 saturated carbocycles.